The predicted molar refractivity (Wildman–Crippen MR) is 188 cm³/mol. The SMILES string of the molecule is CC(CC1=CC(C(=O)c2ccc(C(=O)O)c(NC(=O)c3cccc4ccccc34)c2)=CCC1(C)C(=O)O)C(=O)c1cccc2ccccc12. The molecule has 0 saturated carbocycles. The largest absolute Gasteiger partial charge is 0.481 e. The van der Waals surface area contributed by atoms with E-state index in [1.165, 1.54) is 24.3 Å². The summed E-state index contributed by atoms with van der Waals surface area (Å²) in [5, 5.41) is 26.1. The van der Waals surface area contributed by atoms with Crippen LogP contribution < -0.4 is 5.32 Å². The van der Waals surface area contributed by atoms with Crippen molar-refractivity contribution in [2.45, 2.75) is 26.7 Å². The second kappa shape index (κ2) is 13.2. The second-order valence-corrected chi connectivity index (χ2v) is 12.5. The number of carbonyl (C=O) groups excluding carboxylic acids is 3. The minimum Gasteiger partial charge on any atom is -0.481 e. The van der Waals surface area contributed by atoms with Crippen molar-refractivity contribution < 1.29 is 34.2 Å². The summed E-state index contributed by atoms with van der Waals surface area (Å²) in [5.74, 6) is -4.09. The zero-order chi connectivity index (χ0) is 34.9. The summed E-state index contributed by atoms with van der Waals surface area (Å²) in [6.07, 6.45) is 3.21. The smallest absolute Gasteiger partial charge is 0.337 e. The van der Waals surface area contributed by atoms with E-state index in [9.17, 15) is 34.2 Å². The molecule has 244 valence electrons. The normalized spacial score (nSPS) is 16.4. The lowest BCUT2D eigenvalue weighted by Crippen LogP contribution is -2.33. The van der Waals surface area contributed by atoms with Crippen molar-refractivity contribution in [1.29, 1.82) is 0 Å². The van der Waals surface area contributed by atoms with E-state index in [2.05, 4.69) is 5.32 Å². The van der Waals surface area contributed by atoms with Crippen LogP contribution in [0.3, 0.4) is 0 Å². The highest BCUT2D eigenvalue weighted by Gasteiger charge is 2.40. The van der Waals surface area contributed by atoms with Crippen LogP contribution in [0.4, 0.5) is 5.69 Å². The number of hydrogen-bond donors (Lipinski definition) is 3. The van der Waals surface area contributed by atoms with Crippen LogP contribution in [0, 0.1) is 11.3 Å². The molecule has 0 aliphatic heterocycles. The number of anilines is 1. The number of ketones is 2. The molecule has 5 aromatic carbocycles. The van der Waals surface area contributed by atoms with Gasteiger partial charge in [0.15, 0.2) is 11.6 Å². The number of fused-ring (bicyclic) bond motifs is 2. The summed E-state index contributed by atoms with van der Waals surface area (Å²) in [7, 11) is 0. The van der Waals surface area contributed by atoms with Gasteiger partial charge in [-0.05, 0) is 59.5 Å². The van der Waals surface area contributed by atoms with Crippen molar-refractivity contribution in [3.63, 3.8) is 0 Å². The third-order valence-electron chi connectivity index (χ3n) is 9.33. The second-order valence-electron chi connectivity index (χ2n) is 12.5. The molecule has 0 spiro atoms. The van der Waals surface area contributed by atoms with Crippen molar-refractivity contribution in [3.05, 3.63) is 149 Å². The minimum absolute atomic E-state index is 0.0162. The maximum atomic E-state index is 13.9. The third kappa shape index (κ3) is 6.28. The van der Waals surface area contributed by atoms with Gasteiger partial charge in [0.1, 0.15) is 0 Å². The quantitative estimate of drug-likeness (QED) is 0.129. The molecule has 0 bridgehead atoms. The standard InChI is InChI=1S/C41H33NO7/c1-24(36(43)32-15-7-11-25-9-3-5-13-30(25)32)21-29-22-28(19-20-41(29,2)40(48)49)37(44)27-17-18-34(39(46)47)35(23-27)42-38(45)33-16-8-12-26-10-4-6-14-31(26)33/h3-19,22-24H,20-21H2,1-2H3,(H,42,45)(H,46,47)(H,48,49). The lowest BCUT2D eigenvalue weighted by atomic mass is 9.70. The molecule has 1 aliphatic rings. The molecule has 1 aliphatic carbocycles. The number of aliphatic carboxylic acids is 1. The van der Waals surface area contributed by atoms with E-state index in [0.717, 1.165) is 16.2 Å². The average Bonchev–Trinajstić information content (AvgIpc) is 3.11. The first kappa shape index (κ1) is 32.8. The Morgan fingerprint density at radius 2 is 1.35 bits per heavy atom. The Bertz CT molecular complexity index is 2250. The maximum absolute atomic E-state index is 13.9. The monoisotopic (exact) mass is 651 g/mol. The first-order valence-electron chi connectivity index (χ1n) is 15.9. The van der Waals surface area contributed by atoms with E-state index >= 15 is 0 Å². The number of allylic oxidation sites excluding steroid dienone is 3. The molecule has 1 amide bonds. The van der Waals surface area contributed by atoms with Gasteiger partial charge in [0.05, 0.1) is 16.7 Å². The fourth-order valence-corrected chi connectivity index (χ4v) is 6.40. The van der Waals surface area contributed by atoms with Crippen LogP contribution in [0.1, 0.15) is 68.1 Å². The number of rotatable bonds is 10. The van der Waals surface area contributed by atoms with Crippen LogP contribution in [-0.2, 0) is 4.79 Å². The minimum atomic E-state index is -1.35. The highest BCUT2D eigenvalue weighted by Crippen LogP contribution is 2.41. The van der Waals surface area contributed by atoms with Gasteiger partial charge in [-0.1, -0.05) is 110 Å². The lowest BCUT2D eigenvalue weighted by molar-refractivity contribution is -0.145. The molecule has 0 fully saturated rings. The van der Waals surface area contributed by atoms with E-state index in [-0.39, 0.29) is 41.0 Å². The molecule has 0 aromatic heterocycles. The molecule has 0 radical (unpaired) electrons. The Balaban J connectivity index is 1.30. The molecule has 6 rings (SSSR count). The molecule has 49 heavy (non-hydrogen) atoms. The number of Topliss-reactive ketones (excluding diaryl/α,β-unsaturated/α-hetero) is 2. The molecule has 0 saturated heterocycles. The van der Waals surface area contributed by atoms with E-state index in [1.54, 1.807) is 50.3 Å². The molecule has 2 unspecified atom stereocenters. The number of hydrogen-bond acceptors (Lipinski definition) is 5. The number of benzene rings is 5. The molecule has 3 N–H and O–H groups in total. The fraction of sp³-hybridized carbons (Fsp3) is 0.146. The van der Waals surface area contributed by atoms with Crippen LogP contribution in [0.15, 0.2) is 126 Å². The van der Waals surface area contributed by atoms with Gasteiger partial charge in [-0.2, -0.15) is 0 Å². The Labute approximate surface area is 282 Å². The van der Waals surface area contributed by atoms with E-state index in [0.29, 0.717) is 22.1 Å². The number of nitrogens with one attached hydrogen (secondary N) is 1. The van der Waals surface area contributed by atoms with Crippen molar-refractivity contribution in [1.82, 2.24) is 0 Å². The van der Waals surface area contributed by atoms with Crippen LogP contribution in [0.5, 0.6) is 0 Å². The van der Waals surface area contributed by atoms with Crippen LogP contribution in [-0.4, -0.2) is 39.6 Å². The van der Waals surface area contributed by atoms with Crippen molar-refractivity contribution in [3.8, 4) is 0 Å². The zero-order valence-corrected chi connectivity index (χ0v) is 26.9. The number of carbonyl (C=O) groups is 5. The predicted octanol–water partition coefficient (Wildman–Crippen LogP) is 8.38. The summed E-state index contributed by atoms with van der Waals surface area (Å²) >= 11 is 0. The molecule has 5 aromatic rings. The summed E-state index contributed by atoms with van der Waals surface area (Å²) in [5.41, 5.74) is 0.0449. The summed E-state index contributed by atoms with van der Waals surface area (Å²) in [6.45, 7) is 3.33. The van der Waals surface area contributed by atoms with Crippen molar-refractivity contribution >= 4 is 56.6 Å². The van der Waals surface area contributed by atoms with Gasteiger partial charge < -0.3 is 15.5 Å². The molecular weight excluding hydrogens is 618 g/mol. The Hall–Kier alpha value is -6.15. The van der Waals surface area contributed by atoms with Crippen LogP contribution >= 0.6 is 0 Å². The number of aromatic carboxylic acids is 1. The van der Waals surface area contributed by atoms with Crippen LogP contribution in [0.25, 0.3) is 21.5 Å². The Morgan fingerprint density at radius 1 is 0.755 bits per heavy atom. The number of amides is 1. The maximum Gasteiger partial charge on any atom is 0.337 e. The summed E-state index contributed by atoms with van der Waals surface area (Å²) in [6, 6.07) is 29.6. The zero-order valence-electron chi connectivity index (χ0n) is 26.9. The van der Waals surface area contributed by atoms with Gasteiger partial charge in [-0.25, -0.2) is 4.79 Å². The van der Waals surface area contributed by atoms with Gasteiger partial charge in [0.2, 0.25) is 0 Å². The van der Waals surface area contributed by atoms with Gasteiger partial charge in [-0.3, -0.25) is 19.2 Å². The van der Waals surface area contributed by atoms with Gasteiger partial charge in [0.25, 0.3) is 5.91 Å². The first-order chi connectivity index (χ1) is 23.5. The highest BCUT2D eigenvalue weighted by atomic mass is 16.4. The molecule has 2 atom stereocenters. The van der Waals surface area contributed by atoms with Gasteiger partial charge in [-0.15, -0.1) is 0 Å². The Morgan fingerprint density at radius 3 is 1.98 bits per heavy atom. The number of carboxylic acids is 2. The molecule has 0 heterocycles. The van der Waals surface area contributed by atoms with E-state index in [1.807, 2.05) is 54.6 Å². The summed E-state index contributed by atoms with van der Waals surface area (Å²) in [4.78, 5) is 65.6. The van der Waals surface area contributed by atoms with E-state index in [4.69, 9.17) is 0 Å². The van der Waals surface area contributed by atoms with Gasteiger partial charge >= 0.3 is 11.9 Å². The topological polar surface area (TPSA) is 138 Å². The molecule has 8 heteroatoms. The van der Waals surface area contributed by atoms with E-state index < -0.39 is 35.0 Å². The Kier molecular flexibility index (Phi) is 8.80. The molecule has 8 nitrogen and oxygen atoms in total. The van der Waals surface area contributed by atoms with Crippen molar-refractivity contribution in [2.75, 3.05) is 5.32 Å². The number of carboxylic acid groups (broad SMARTS) is 2. The van der Waals surface area contributed by atoms with Crippen LogP contribution in [0.2, 0.25) is 0 Å². The molecular formula is C41H33NO7. The summed E-state index contributed by atoms with van der Waals surface area (Å²) < 4.78 is 0. The van der Waals surface area contributed by atoms with Gasteiger partial charge in [0, 0.05) is 28.2 Å². The average molecular weight is 652 g/mol. The highest BCUT2D eigenvalue weighted by molar-refractivity contribution is 6.16. The third-order valence-corrected chi connectivity index (χ3v) is 9.33. The first-order valence-corrected chi connectivity index (χ1v) is 15.9. The lowest BCUT2D eigenvalue weighted by Gasteiger charge is -2.32. The van der Waals surface area contributed by atoms with Crippen molar-refractivity contribution in [2.24, 2.45) is 11.3 Å². The fourth-order valence-electron chi connectivity index (χ4n) is 6.40.